The van der Waals surface area contributed by atoms with Crippen LogP contribution in [0.25, 0.3) is 0 Å². The van der Waals surface area contributed by atoms with Crippen LogP contribution >= 0.6 is 0 Å². The second-order valence-electron chi connectivity index (χ2n) is 10.3. The molecule has 12 nitrogen and oxygen atoms in total. The fourth-order valence-electron chi connectivity index (χ4n) is 5.20. The number of hydrogen-bond donors (Lipinski definition) is 2. The van der Waals surface area contributed by atoms with Gasteiger partial charge in [0.15, 0.2) is 5.60 Å². The first-order valence-electron chi connectivity index (χ1n) is 13.8. The third kappa shape index (κ3) is 6.39. The third-order valence-corrected chi connectivity index (χ3v) is 7.61. The Hall–Kier alpha value is -4.42. The second kappa shape index (κ2) is 13.5. The van der Waals surface area contributed by atoms with Crippen molar-refractivity contribution in [2.24, 2.45) is 5.92 Å². The molecule has 1 aliphatic rings. The number of rotatable bonds is 14. The fraction of sp³-hybridized carbons (Fsp3) is 0.400. The molecular weight excluding hydrogens is 542 g/mol. The number of methoxy groups -OCH3 is 1. The summed E-state index contributed by atoms with van der Waals surface area (Å²) < 4.78 is 6.33. The van der Waals surface area contributed by atoms with Crippen molar-refractivity contribution in [2.45, 2.75) is 50.7 Å². The lowest BCUT2D eigenvalue weighted by molar-refractivity contribution is -0.385. The highest BCUT2D eigenvalue weighted by atomic mass is 16.6. The van der Waals surface area contributed by atoms with Gasteiger partial charge in [-0.1, -0.05) is 54.6 Å². The van der Waals surface area contributed by atoms with E-state index in [0.717, 1.165) is 5.56 Å². The number of non-ortho nitro benzene ring substituents is 1. The lowest BCUT2D eigenvalue weighted by atomic mass is 9.82. The molecule has 12 heteroatoms. The van der Waals surface area contributed by atoms with Gasteiger partial charge in [-0.3, -0.25) is 24.4 Å². The second-order valence-corrected chi connectivity index (χ2v) is 10.3. The van der Waals surface area contributed by atoms with Gasteiger partial charge >= 0.3 is 5.97 Å². The molecule has 0 spiro atoms. The molecule has 1 unspecified atom stereocenters. The average molecular weight is 578 g/mol. The van der Waals surface area contributed by atoms with E-state index in [0.29, 0.717) is 37.2 Å². The highest BCUT2D eigenvalue weighted by Crippen LogP contribution is 2.46. The Balaban J connectivity index is 1.45. The molecule has 0 aliphatic carbocycles. The number of esters is 1. The van der Waals surface area contributed by atoms with Crippen LogP contribution < -0.4 is 4.90 Å². The lowest BCUT2D eigenvalue weighted by Gasteiger charge is -2.27. The first-order chi connectivity index (χ1) is 20.2. The molecule has 2 N–H and O–H groups in total. The van der Waals surface area contributed by atoms with Gasteiger partial charge in [-0.25, -0.2) is 0 Å². The average Bonchev–Trinajstić information content (AvgIpc) is 3.55. The summed E-state index contributed by atoms with van der Waals surface area (Å²) in [4.78, 5) is 37.4. The van der Waals surface area contributed by atoms with E-state index in [9.17, 15) is 29.9 Å². The lowest BCUT2D eigenvalue weighted by Crippen LogP contribution is -2.44. The number of amides is 1. The fourth-order valence-corrected chi connectivity index (χ4v) is 5.20. The first kappa shape index (κ1) is 30.5. The van der Waals surface area contributed by atoms with Crippen LogP contribution in [0.15, 0.2) is 66.9 Å². The highest BCUT2D eigenvalue weighted by Gasteiger charge is 2.52. The Morgan fingerprint density at radius 3 is 2.64 bits per heavy atom. The van der Waals surface area contributed by atoms with Crippen molar-refractivity contribution in [3.05, 3.63) is 93.8 Å². The molecule has 0 saturated carbocycles. The maximum Gasteiger partial charge on any atom is 0.305 e. The molecule has 4 rings (SSSR count). The van der Waals surface area contributed by atoms with Gasteiger partial charge in [0.25, 0.3) is 11.6 Å². The minimum atomic E-state index is -2.00. The smallest absolute Gasteiger partial charge is 0.305 e. The predicted molar refractivity (Wildman–Crippen MR) is 154 cm³/mol. The third-order valence-electron chi connectivity index (χ3n) is 7.61. The molecule has 1 aromatic heterocycles. The van der Waals surface area contributed by atoms with Gasteiger partial charge in [-0.2, -0.15) is 0 Å². The number of anilines is 1. The van der Waals surface area contributed by atoms with Crippen molar-refractivity contribution in [1.29, 1.82) is 0 Å². The van der Waals surface area contributed by atoms with Crippen LogP contribution in [-0.4, -0.2) is 62.3 Å². The minimum absolute atomic E-state index is 0.103. The number of unbranched alkanes of at least 4 members (excludes halogenated alkanes) is 1. The largest absolute Gasteiger partial charge is 0.469 e. The summed E-state index contributed by atoms with van der Waals surface area (Å²) in [6.45, 7) is 2.31. The van der Waals surface area contributed by atoms with Gasteiger partial charge in [0.05, 0.1) is 35.9 Å². The summed E-state index contributed by atoms with van der Waals surface area (Å²) in [6.07, 6.45) is 7.03. The number of hydrogen-bond acceptors (Lipinski definition) is 9. The van der Waals surface area contributed by atoms with Crippen LogP contribution in [0.5, 0.6) is 0 Å². The molecule has 42 heavy (non-hydrogen) atoms. The topological polar surface area (TPSA) is 161 Å². The Morgan fingerprint density at radius 1 is 1.19 bits per heavy atom. The van der Waals surface area contributed by atoms with Gasteiger partial charge < -0.3 is 19.8 Å². The summed E-state index contributed by atoms with van der Waals surface area (Å²) in [6, 6.07) is 13.6. The standard InChI is InChI=1S/C30H35N5O7/c1-21(10-6-8-16-33-19-26(31-32-33)24(20-36)22-11-4-3-5-12-22)30(39)25-18-23(35(40)41)14-15-27(25)34(29(30)38)17-9-7-13-28(37)42-2/h3-6,10-12,14-15,18-19,21,24,36,39H,7-9,13,16-17,20H2,1-2H3/b10-6+/t21-,24?,30+/m0/s1. The van der Waals surface area contributed by atoms with Gasteiger partial charge in [-0.05, 0) is 30.9 Å². The Morgan fingerprint density at radius 2 is 1.95 bits per heavy atom. The van der Waals surface area contributed by atoms with Crippen LogP contribution in [-0.2, 0) is 26.5 Å². The molecular formula is C30H35N5O7. The number of ether oxygens (including phenoxy) is 1. The van der Waals surface area contributed by atoms with Gasteiger partial charge in [0, 0.05) is 49.3 Å². The van der Waals surface area contributed by atoms with Gasteiger partial charge in [-0.15, -0.1) is 5.10 Å². The van der Waals surface area contributed by atoms with Crippen molar-refractivity contribution >= 4 is 23.3 Å². The van der Waals surface area contributed by atoms with E-state index >= 15 is 0 Å². The monoisotopic (exact) mass is 577 g/mol. The molecule has 3 atom stereocenters. The van der Waals surface area contributed by atoms with E-state index in [1.165, 1.54) is 30.2 Å². The van der Waals surface area contributed by atoms with Crippen molar-refractivity contribution in [3.63, 3.8) is 0 Å². The molecule has 0 fully saturated rings. The molecule has 1 amide bonds. The zero-order valence-electron chi connectivity index (χ0n) is 23.6. The Labute approximate surface area is 243 Å². The summed E-state index contributed by atoms with van der Waals surface area (Å²) in [5.74, 6) is -1.90. The van der Waals surface area contributed by atoms with E-state index in [2.05, 4.69) is 15.0 Å². The van der Waals surface area contributed by atoms with E-state index in [1.807, 2.05) is 36.4 Å². The molecule has 0 radical (unpaired) electrons. The first-order valence-corrected chi connectivity index (χ1v) is 13.8. The maximum absolute atomic E-state index is 13.6. The Kier molecular flexibility index (Phi) is 9.81. The molecule has 2 heterocycles. The van der Waals surface area contributed by atoms with Crippen molar-refractivity contribution < 1.29 is 29.5 Å². The van der Waals surface area contributed by atoms with Crippen molar-refractivity contribution in [1.82, 2.24) is 15.0 Å². The number of aromatic nitrogens is 3. The molecule has 222 valence electrons. The number of carbonyl (C=O) groups is 2. The molecule has 0 saturated heterocycles. The normalized spacial score (nSPS) is 17.8. The number of aryl methyl sites for hydroxylation is 1. The van der Waals surface area contributed by atoms with Crippen LogP contribution in [0, 0.1) is 16.0 Å². The number of allylic oxidation sites excluding steroid dienone is 1. The SMILES string of the molecule is COC(=O)CCCCN1C(=O)[C@@](O)([C@@H](C)/C=C/CCn2cc(C(CO)c3ccccc3)nn2)c2cc([N+](=O)[O-])ccc21. The van der Waals surface area contributed by atoms with Crippen LogP contribution in [0.3, 0.4) is 0 Å². The molecule has 3 aromatic rings. The van der Waals surface area contributed by atoms with Gasteiger partial charge in [0.1, 0.15) is 0 Å². The summed E-state index contributed by atoms with van der Waals surface area (Å²) in [7, 11) is 1.31. The zero-order chi connectivity index (χ0) is 30.3. The number of nitrogens with zero attached hydrogens (tertiary/aromatic N) is 5. The number of aliphatic hydroxyl groups is 2. The predicted octanol–water partition coefficient (Wildman–Crippen LogP) is 3.47. The number of fused-ring (bicyclic) bond motifs is 1. The van der Waals surface area contributed by atoms with Crippen LogP contribution in [0.1, 0.15) is 55.3 Å². The van der Waals surface area contributed by atoms with E-state index < -0.39 is 22.3 Å². The summed E-state index contributed by atoms with van der Waals surface area (Å²) >= 11 is 0. The van der Waals surface area contributed by atoms with E-state index in [1.54, 1.807) is 23.9 Å². The summed E-state index contributed by atoms with van der Waals surface area (Å²) in [5.41, 5.74) is -0.0282. The minimum Gasteiger partial charge on any atom is -0.469 e. The van der Waals surface area contributed by atoms with Crippen molar-refractivity contribution in [3.8, 4) is 0 Å². The maximum atomic E-state index is 13.6. The quantitative estimate of drug-likeness (QED) is 0.0961. The van der Waals surface area contributed by atoms with Crippen LogP contribution in [0.4, 0.5) is 11.4 Å². The molecule has 2 aromatic carbocycles. The number of aliphatic hydroxyl groups excluding tert-OH is 1. The van der Waals surface area contributed by atoms with E-state index in [-0.39, 0.29) is 42.7 Å². The molecule has 1 aliphatic heterocycles. The summed E-state index contributed by atoms with van der Waals surface area (Å²) in [5, 5.41) is 41.5. The zero-order valence-corrected chi connectivity index (χ0v) is 23.6. The number of nitro groups is 1. The Bertz CT molecular complexity index is 1440. The number of nitro benzene ring substituents is 1. The van der Waals surface area contributed by atoms with Gasteiger partial charge in [0.2, 0.25) is 0 Å². The number of carbonyl (C=O) groups excluding carboxylic acids is 2. The number of benzene rings is 2. The molecule has 0 bridgehead atoms. The van der Waals surface area contributed by atoms with Crippen LogP contribution in [0.2, 0.25) is 0 Å². The van der Waals surface area contributed by atoms with Crippen molar-refractivity contribution in [2.75, 3.05) is 25.2 Å². The highest BCUT2D eigenvalue weighted by molar-refractivity contribution is 6.07. The van der Waals surface area contributed by atoms with E-state index in [4.69, 9.17) is 0 Å².